The number of hydrogen-bond donors (Lipinski definition) is 0. The Morgan fingerprint density at radius 3 is 1.55 bits per heavy atom. The Kier molecular flexibility index (Phi) is 8.95. The van der Waals surface area contributed by atoms with Crippen molar-refractivity contribution in [2.24, 2.45) is 0 Å². The molecule has 2 unspecified atom stereocenters. The highest BCUT2D eigenvalue weighted by Crippen LogP contribution is 2.38. The van der Waals surface area contributed by atoms with E-state index in [2.05, 4.69) is 110 Å². The highest BCUT2D eigenvalue weighted by Gasteiger charge is 2.27. The zero-order valence-electron chi connectivity index (χ0n) is 28.3. The van der Waals surface area contributed by atoms with E-state index in [0.717, 1.165) is 48.4 Å². The molecule has 0 N–H and O–H groups in total. The lowest BCUT2D eigenvalue weighted by molar-refractivity contribution is 0.183. The molecule has 8 rings (SSSR count). The maximum atomic E-state index is 6.24. The van der Waals surface area contributed by atoms with Gasteiger partial charge in [0.05, 0.1) is 18.0 Å². The van der Waals surface area contributed by atoms with E-state index in [4.69, 9.17) is 26.3 Å². The number of alkyl halides is 1. The van der Waals surface area contributed by atoms with Crippen molar-refractivity contribution in [3.8, 4) is 0 Å². The predicted molar refractivity (Wildman–Crippen MR) is 192 cm³/mol. The molecule has 0 fully saturated rings. The van der Waals surface area contributed by atoms with E-state index in [1.165, 1.54) is 68.7 Å². The summed E-state index contributed by atoms with van der Waals surface area (Å²) in [6.07, 6.45) is 11.1. The number of hydrogen-bond acceptors (Lipinski definition) is 3. The van der Waals surface area contributed by atoms with Crippen LogP contribution in [0.3, 0.4) is 0 Å². The van der Waals surface area contributed by atoms with E-state index < -0.39 is 0 Å². The molecular formula is C41H45ClN4O. The number of aromatic nitrogens is 4. The molecule has 6 aromatic rings. The van der Waals surface area contributed by atoms with Gasteiger partial charge < -0.3 is 13.5 Å². The number of rotatable bonds is 5. The van der Waals surface area contributed by atoms with Gasteiger partial charge in [-0.2, -0.15) is 0 Å². The van der Waals surface area contributed by atoms with Crippen LogP contribution in [0.4, 0.5) is 0 Å². The van der Waals surface area contributed by atoms with Crippen LogP contribution in [0.1, 0.15) is 92.0 Å². The number of nitrogens with zero attached hydrogens (tertiary/aromatic N) is 4. The van der Waals surface area contributed by atoms with Crippen LogP contribution in [0.15, 0.2) is 73.1 Å². The van der Waals surface area contributed by atoms with Gasteiger partial charge in [-0.25, -0.2) is 9.97 Å². The van der Waals surface area contributed by atoms with Crippen LogP contribution in [-0.2, 0) is 42.9 Å². The Bertz CT molecular complexity index is 2040. The number of aryl methyl sites for hydroxylation is 4. The average molecular weight is 645 g/mol. The Labute approximate surface area is 283 Å². The van der Waals surface area contributed by atoms with E-state index in [1.807, 2.05) is 0 Å². The molecule has 4 heterocycles. The minimum atomic E-state index is 0.574. The van der Waals surface area contributed by atoms with Crippen molar-refractivity contribution in [1.29, 1.82) is 0 Å². The van der Waals surface area contributed by atoms with E-state index >= 15 is 0 Å². The molecule has 2 atom stereocenters. The first-order valence-electron chi connectivity index (χ1n) is 17.0. The first kappa shape index (κ1) is 31.7. The molecule has 0 aliphatic heterocycles. The highest BCUT2D eigenvalue weighted by atomic mass is 35.5. The molecule has 5 nitrogen and oxygen atoms in total. The molecule has 2 aromatic carbocycles. The molecular weight excluding hydrogens is 600 g/mol. The molecule has 2 aliphatic rings. The van der Waals surface area contributed by atoms with E-state index in [9.17, 15) is 0 Å². The lowest BCUT2D eigenvalue weighted by atomic mass is 9.79. The highest BCUT2D eigenvalue weighted by molar-refractivity contribution is 6.17. The van der Waals surface area contributed by atoms with Gasteiger partial charge in [0.15, 0.2) is 0 Å². The fourth-order valence-corrected chi connectivity index (χ4v) is 8.15. The molecule has 0 saturated heterocycles. The van der Waals surface area contributed by atoms with Crippen LogP contribution >= 0.6 is 11.6 Å². The second-order valence-corrected chi connectivity index (χ2v) is 13.7. The van der Waals surface area contributed by atoms with Gasteiger partial charge >= 0.3 is 0 Å². The van der Waals surface area contributed by atoms with Gasteiger partial charge in [-0.3, -0.25) is 0 Å². The van der Waals surface area contributed by atoms with E-state index in [0.29, 0.717) is 24.3 Å². The summed E-state index contributed by atoms with van der Waals surface area (Å²) < 4.78 is 9.96. The van der Waals surface area contributed by atoms with Crippen molar-refractivity contribution in [3.05, 3.63) is 140 Å². The van der Waals surface area contributed by atoms with Crippen molar-refractivity contribution in [3.63, 3.8) is 0 Å². The van der Waals surface area contributed by atoms with Crippen LogP contribution < -0.4 is 0 Å². The Hall–Kier alpha value is -3.93. The van der Waals surface area contributed by atoms with Crippen LogP contribution in [0.25, 0.3) is 11.3 Å². The molecule has 0 bridgehead atoms. The van der Waals surface area contributed by atoms with Crippen molar-refractivity contribution in [2.75, 3.05) is 7.11 Å². The first-order valence-corrected chi connectivity index (χ1v) is 17.5. The summed E-state index contributed by atoms with van der Waals surface area (Å²) in [5.74, 6) is 1.73. The molecule has 0 spiro atoms. The fraction of sp³-hybridized carbons (Fsp3) is 0.366. The summed E-state index contributed by atoms with van der Waals surface area (Å²) in [4.78, 5) is 9.73. The lowest BCUT2D eigenvalue weighted by Crippen LogP contribution is -2.17. The van der Waals surface area contributed by atoms with Crippen molar-refractivity contribution in [1.82, 2.24) is 18.8 Å². The first-order chi connectivity index (χ1) is 22.9. The average Bonchev–Trinajstić information content (AvgIpc) is 3.57. The van der Waals surface area contributed by atoms with Gasteiger partial charge in [-0.15, -0.1) is 11.6 Å². The van der Waals surface area contributed by atoms with Gasteiger partial charge in [-0.1, -0.05) is 60.7 Å². The lowest BCUT2D eigenvalue weighted by Gasteiger charge is -2.27. The smallest absolute Gasteiger partial charge is 0.140 e. The number of fused-ring (bicyclic) bond motifs is 6. The minimum Gasteiger partial charge on any atom is -0.380 e. The zero-order valence-corrected chi connectivity index (χ0v) is 29.1. The molecule has 0 amide bonds. The predicted octanol–water partition coefficient (Wildman–Crippen LogP) is 9.33. The second-order valence-electron chi connectivity index (χ2n) is 13.4. The monoisotopic (exact) mass is 644 g/mol. The fourth-order valence-electron chi connectivity index (χ4n) is 7.92. The topological polar surface area (TPSA) is 43.8 Å². The maximum Gasteiger partial charge on any atom is 0.140 e. The molecule has 2 aliphatic carbocycles. The Morgan fingerprint density at radius 2 is 1.11 bits per heavy atom. The van der Waals surface area contributed by atoms with Gasteiger partial charge in [0.1, 0.15) is 11.3 Å². The summed E-state index contributed by atoms with van der Waals surface area (Å²) in [6, 6.07) is 21.8. The normalized spacial score (nSPS) is 17.3. The van der Waals surface area contributed by atoms with Gasteiger partial charge in [0, 0.05) is 36.8 Å². The summed E-state index contributed by atoms with van der Waals surface area (Å²) >= 11 is 6.24. The molecule has 47 heavy (non-hydrogen) atoms. The van der Waals surface area contributed by atoms with Crippen molar-refractivity contribution < 1.29 is 4.74 Å². The molecule has 6 heteroatoms. The summed E-state index contributed by atoms with van der Waals surface area (Å²) in [6.45, 7) is 9.15. The van der Waals surface area contributed by atoms with Crippen LogP contribution in [0, 0.1) is 27.7 Å². The number of halogens is 1. The number of imidazole rings is 2. The van der Waals surface area contributed by atoms with E-state index in [1.54, 1.807) is 7.11 Å². The van der Waals surface area contributed by atoms with Gasteiger partial charge in [0.2, 0.25) is 0 Å². The largest absolute Gasteiger partial charge is 0.380 e. The Balaban J connectivity index is 0.000000150. The van der Waals surface area contributed by atoms with E-state index in [-0.39, 0.29) is 0 Å². The molecule has 0 saturated carbocycles. The molecule has 242 valence electrons. The molecule has 0 radical (unpaired) electrons. The quantitative estimate of drug-likeness (QED) is 0.176. The van der Waals surface area contributed by atoms with Crippen LogP contribution in [0.5, 0.6) is 0 Å². The standard InChI is InChI=1S/C21H24N2O.C20H21ClN2/c1-14-15(2)23-12-18(13-24-3)19-10-9-17(11-20(19)21(23)22-14)16-7-5-4-6-8-16;1-13-14(2)23-12-17(11-21)18-9-8-16(10-19(18)20(23)22-13)15-6-4-3-5-7-15/h4-8,12,17H,9-11,13H2,1-3H3;3-7,12,16H,8-11H2,1-2H3. The van der Waals surface area contributed by atoms with Crippen LogP contribution in [-0.4, -0.2) is 25.9 Å². The third kappa shape index (κ3) is 5.89. The SMILES string of the molecule is COCc1cn2c(C)c(C)nc2c2c1CCC(c1ccccc1)C2.Cc1nc2c3c(c(CCl)cn2c1C)CCC(c1ccccc1)C3. The van der Waals surface area contributed by atoms with Crippen molar-refractivity contribution in [2.45, 2.75) is 90.5 Å². The van der Waals surface area contributed by atoms with Gasteiger partial charge in [-0.05, 0) is 123 Å². The maximum absolute atomic E-state index is 6.24. The zero-order chi connectivity index (χ0) is 32.7. The second kappa shape index (κ2) is 13.3. The number of ether oxygens (including phenoxy) is 1. The molecule has 4 aromatic heterocycles. The third-order valence-corrected chi connectivity index (χ3v) is 11.0. The summed E-state index contributed by atoms with van der Waals surface area (Å²) in [5, 5.41) is 0. The van der Waals surface area contributed by atoms with Gasteiger partial charge in [0.25, 0.3) is 0 Å². The summed E-state index contributed by atoms with van der Waals surface area (Å²) in [5.41, 5.74) is 18.1. The number of benzene rings is 2. The minimum absolute atomic E-state index is 0.574. The Morgan fingerprint density at radius 1 is 0.660 bits per heavy atom. The third-order valence-electron chi connectivity index (χ3n) is 10.8. The van der Waals surface area contributed by atoms with Crippen LogP contribution in [0.2, 0.25) is 0 Å². The number of pyridine rings is 2. The summed E-state index contributed by atoms with van der Waals surface area (Å²) in [7, 11) is 1.78. The van der Waals surface area contributed by atoms with Crippen molar-refractivity contribution >= 4 is 22.9 Å². The number of methoxy groups -OCH3 is 1.